The number of aromatic amines is 1. The molecule has 0 saturated heterocycles. The number of ether oxygens (including phenoxy) is 1. The fourth-order valence-electron chi connectivity index (χ4n) is 0.907. The van der Waals surface area contributed by atoms with Crippen LogP contribution < -0.4 is 10.3 Å². The van der Waals surface area contributed by atoms with Gasteiger partial charge in [-0.25, -0.2) is 4.79 Å². The Morgan fingerprint density at radius 1 is 1.77 bits per heavy atom. The summed E-state index contributed by atoms with van der Waals surface area (Å²) in [5.41, 5.74) is 5.39. The van der Waals surface area contributed by atoms with Crippen molar-refractivity contribution in [1.82, 2.24) is 5.16 Å². The fourth-order valence-corrected chi connectivity index (χ4v) is 0.907. The predicted molar refractivity (Wildman–Crippen MR) is 40.5 cm³/mol. The van der Waals surface area contributed by atoms with E-state index in [9.17, 15) is 9.70 Å². The van der Waals surface area contributed by atoms with Crippen molar-refractivity contribution in [2.45, 2.75) is 6.42 Å². The van der Waals surface area contributed by atoms with E-state index in [1.807, 2.05) is 0 Å². The Kier molecular flexibility index (Phi) is 2.80. The van der Waals surface area contributed by atoms with Crippen molar-refractivity contribution < 1.29 is 18.8 Å². The molecule has 3 N–H and O–H groups in total. The number of hydrogen-bond acceptors (Lipinski definition) is 5. The number of nitrogens with two attached hydrogens (primary N) is 1. The van der Waals surface area contributed by atoms with Crippen LogP contribution >= 0.6 is 0 Å². The van der Waals surface area contributed by atoms with Gasteiger partial charge in [0, 0.05) is 13.0 Å². The second kappa shape index (κ2) is 3.85. The van der Waals surface area contributed by atoms with E-state index in [1.54, 1.807) is 0 Å². The maximum atomic E-state index is 11.0. The van der Waals surface area contributed by atoms with Crippen molar-refractivity contribution in [2.24, 2.45) is 5.73 Å². The zero-order chi connectivity index (χ0) is 9.84. The minimum Gasteiger partial charge on any atom is -0.463 e. The fraction of sp³-hybridized carbons (Fsp3) is 0.500. The highest BCUT2D eigenvalue weighted by atomic mass is 16.7. The summed E-state index contributed by atoms with van der Waals surface area (Å²) in [6.45, 7) is 0.250. The first-order valence-electron chi connectivity index (χ1n) is 3.62. The molecule has 0 aliphatic carbocycles. The maximum absolute atomic E-state index is 11.0. The van der Waals surface area contributed by atoms with Gasteiger partial charge in [-0.2, -0.15) is 0 Å². The molecule has 0 aliphatic heterocycles. The first-order valence-corrected chi connectivity index (χ1v) is 3.62. The topological polar surface area (TPSA) is 104 Å². The van der Waals surface area contributed by atoms with Crippen molar-refractivity contribution in [3.05, 3.63) is 16.3 Å². The van der Waals surface area contributed by atoms with Gasteiger partial charge in [-0.05, 0) is 4.91 Å². The number of nitrogens with one attached hydrogen (secondary N) is 1. The minimum absolute atomic E-state index is 0.00273. The Morgan fingerprint density at radius 2 is 2.46 bits per heavy atom. The third kappa shape index (κ3) is 1.75. The second-order valence-electron chi connectivity index (χ2n) is 2.30. The van der Waals surface area contributed by atoms with Crippen molar-refractivity contribution >= 4 is 5.97 Å². The van der Waals surface area contributed by atoms with Gasteiger partial charge >= 0.3 is 5.97 Å². The molecule has 0 radical (unpaired) electrons. The Morgan fingerprint density at radius 3 is 3.00 bits per heavy atom. The molecule has 0 fully saturated rings. The molecule has 7 nitrogen and oxygen atoms in total. The number of nitrogens with zero attached hydrogens (tertiary/aromatic N) is 1. The summed E-state index contributed by atoms with van der Waals surface area (Å²) in [7, 11) is 1.21. The van der Waals surface area contributed by atoms with Crippen LogP contribution in [0.25, 0.3) is 0 Å². The lowest BCUT2D eigenvalue weighted by Gasteiger charge is -1.90. The second-order valence-corrected chi connectivity index (χ2v) is 2.30. The van der Waals surface area contributed by atoms with Gasteiger partial charge in [0.25, 0.3) is 11.4 Å². The average Bonchev–Trinajstić information content (AvgIpc) is 2.48. The Balaban J connectivity index is 3.07. The van der Waals surface area contributed by atoms with Gasteiger partial charge in [0.15, 0.2) is 4.60 Å². The highest BCUT2D eigenvalue weighted by Crippen LogP contribution is 2.01. The van der Waals surface area contributed by atoms with Gasteiger partial charge < -0.3 is 10.5 Å². The summed E-state index contributed by atoms with van der Waals surface area (Å²) in [5.74, 6) is -0.651. The zero-order valence-corrected chi connectivity index (χ0v) is 7.07. The highest BCUT2D eigenvalue weighted by molar-refractivity contribution is 5.87. The number of hydrogen-bond donors (Lipinski definition) is 2. The lowest BCUT2D eigenvalue weighted by molar-refractivity contribution is -0.719. The monoisotopic (exact) mass is 188 g/mol. The molecule has 1 aromatic rings. The summed E-state index contributed by atoms with van der Waals surface area (Å²) < 4.78 is 8.97. The largest absolute Gasteiger partial charge is 0.463 e. The van der Waals surface area contributed by atoms with Gasteiger partial charge in [-0.15, -0.1) is 0 Å². The van der Waals surface area contributed by atoms with E-state index < -0.39 is 5.97 Å². The van der Waals surface area contributed by atoms with Crippen LogP contribution in [-0.4, -0.2) is 24.8 Å². The molecule has 0 saturated carbocycles. The lowest BCUT2D eigenvalue weighted by Crippen LogP contribution is -2.21. The number of rotatable bonds is 3. The zero-order valence-electron chi connectivity index (χ0n) is 7.07. The molecule has 0 aromatic carbocycles. The van der Waals surface area contributed by atoms with E-state index in [2.05, 4.69) is 14.5 Å². The van der Waals surface area contributed by atoms with Gasteiger partial charge in [-0.3, -0.25) is 0 Å². The van der Waals surface area contributed by atoms with Crippen molar-refractivity contribution in [3.63, 3.8) is 0 Å². The van der Waals surface area contributed by atoms with E-state index in [4.69, 9.17) is 5.73 Å². The van der Waals surface area contributed by atoms with Crippen LogP contribution in [0.5, 0.6) is 0 Å². The number of carbonyl (C=O) groups excluding carboxylic acids is 1. The summed E-state index contributed by atoms with van der Waals surface area (Å²) >= 11 is 0. The smallest absolute Gasteiger partial charge is 0.386 e. The predicted octanol–water partition coefficient (Wildman–Crippen LogP) is -1.19. The van der Waals surface area contributed by atoms with E-state index in [-0.39, 0.29) is 29.0 Å². The maximum Gasteiger partial charge on any atom is 0.386 e. The van der Waals surface area contributed by atoms with E-state index >= 15 is 0 Å². The van der Waals surface area contributed by atoms with Crippen LogP contribution in [0, 0.1) is 4.91 Å². The Labute approximate surface area is 73.0 Å². The standard InChI is InChI=1S/C6H10N3O4/c1-12-6(10)5-4(2-3-7)9(11)13-8-5/h8H,2-3,7H2,1H3/q+1. The van der Waals surface area contributed by atoms with E-state index in [1.165, 1.54) is 7.11 Å². The average molecular weight is 188 g/mol. The summed E-state index contributed by atoms with van der Waals surface area (Å²) in [6, 6.07) is 0. The summed E-state index contributed by atoms with van der Waals surface area (Å²) in [5, 5.41) is 2.15. The van der Waals surface area contributed by atoms with E-state index in [0.29, 0.717) is 0 Å². The molecule has 72 valence electrons. The third-order valence-electron chi connectivity index (χ3n) is 1.51. The molecule has 0 bridgehead atoms. The van der Waals surface area contributed by atoms with Crippen LogP contribution in [0.2, 0.25) is 0 Å². The van der Waals surface area contributed by atoms with Crippen LogP contribution in [0.3, 0.4) is 0 Å². The molecule has 0 unspecified atom stereocenters. The highest BCUT2D eigenvalue weighted by Gasteiger charge is 2.26. The molecule has 1 rings (SSSR count). The first-order chi connectivity index (χ1) is 6.20. The van der Waals surface area contributed by atoms with Crippen molar-refractivity contribution in [3.8, 4) is 0 Å². The molecule has 13 heavy (non-hydrogen) atoms. The van der Waals surface area contributed by atoms with Gasteiger partial charge in [0.2, 0.25) is 0 Å². The number of esters is 1. The molecule has 0 spiro atoms. The van der Waals surface area contributed by atoms with Gasteiger partial charge in [0.1, 0.15) is 0 Å². The number of carbonyl (C=O) groups is 1. The molecule has 7 heteroatoms. The SMILES string of the molecule is COC(=O)c1[nH]o[n+](=O)c1CCN. The number of H-pyrrole nitrogens is 1. The van der Waals surface area contributed by atoms with Crippen LogP contribution in [0.4, 0.5) is 0 Å². The van der Waals surface area contributed by atoms with Crippen molar-refractivity contribution in [2.75, 3.05) is 13.7 Å². The van der Waals surface area contributed by atoms with Crippen molar-refractivity contribution in [1.29, 1.82) is 0 Å². The molecular formula is C6H10N3O4+. The van der Waals surface area contributed by atoms with Crippen LogP contribution in [0.1, 0.15) is 16.2 Å². The molecule has 0 aliphatic rings. The summed E-state index contributed by atoms with van der Waals surface area (Å²) in [6.07, 6.45) is 0.251. The quantitative estimate of drug-likeness (QED) is 0.580. The number of aromatic nitrogens is 2. The molecule has 0 atom stereocenters. The molecule has 1 heterocycles. The normalized spacial score (nSPS) is 10.0. The molecule has 1 aromatic heterocycles. The van der Waals surface area contributed by atoms with Crippen LogP contribution in [0.15, 0.2) is 4.63 Å². The Bertz CT molecular complexity index is 353. The minimum atomic E-state index is -0.651. The molecular weight excluding hydrogens is 178 g/mol. The van der Waals surface area contributed by atoms with Crippen LogP contribution in [-0.2, 0) is 11.2 Å². The third-order valence-corrected chi connectivity index (χ3v) is 1.51. The van der Waals surface area contributed by atoms with E-state index in [0.717, 1.165) is 0 Å². The first kappa shape index (κ1) is 9.46. The lowest BCUT2D eigenvalue weighted by atomic mass is 10.2. The summed E-state index contributed by atoms with van der Waals surface area (Å²) in [4.78, 5) is 21.9. The number of methoxy groups -OCH3 is 1. The molecule has 0 amide bonds. The Hall–Kier alpha value is -1.63. The van der Waals surface area contributed by atoms with Gasteiger partial charge in [0.05, 0.1) is 7.11 Å². The van der Waals surface area contributed by atoms with Gasteiger partial charge in [-0.1, -0.05) is 9.79 Å².